The first kappa shape index (κ1) is 26.6. The Balaban J connectivity index is 1.78. The summed E-state index contributed by atoms with van der Waals surface area (Å²) in [6.07, 6.45) is 5.43. The van der Waals surface area contributed by atoms with Crippen molar-refractivity contribution >= 4 is 40.5 Å². The number of carbonyl (C=O) groups is 1. The molecule has 1 unspecified atom stereocenters. The molecule has 3 aromatic rings. The van der Waals surface area contributed by atoms with E-state index >= 15 is 0 Å². The number of ether oxygens (including phenoxy) is 3. The molecule has 11 heteroatoms. The molecular formula is C27H31ClN4O5S. The third-order valence-corrected chi connectivity index (χ3v) is 8.19. The summed E-state index contributed by atoms with van der Waals surface area (Å²) in [5, 5.41) is 1.47. The highest BCUT2D eigenvalue weighted by atomic mass is 35.5. The van der Waals surface area contributed by atoms with Crippen molar-refractivity contribution in [3.8, 4) is 22.6 Å². The Labute approximate surface area is 230 Å². The monoisotopic (exact) mass is 558 g/mol. The van der Waals surface area contributed by atoms with Crippen LogP contribution in [0.5, 0.6) is 11.5 Å². The van der Waals surface area contributed by atoms with Crippen LogP contribution in [-0.4, -0.2) is 58.1 Å². The normalized spacial score (nSPS) is 18.2. The Hall–Kier alpha value is -2.98. The number of aromatic nitrogens is 3. The summed E-state index contributed by atoms with van der Waals surface area (Å²) in [7, 11) is 3.05. The quantitative estimate of drug-likeness (QED) is 0.287. The highest BCUT2D eigenvalue weighted by molar-refractivity contribution is 7.98. The zero-order valence-corrected chi connectivity index (χ0v) is 23.9. The summed E-state index contributed by atoms with van der Waals surface area (Å²) in [4.78, 5) is 38.5. The van der Waals surface area contributed by atoms with Gasteiger partial charge in [-0.15, -0.1) is 0 Å². The first-order valence-corrected chi connectivity index (χ1v) is 14.0. The Morgan fingerprint density at radius 3 is 2.47 bits per heavy atom. The number of pyridine rings is 1. The zero-order chi connectivity index (χ0) is 27.4. The van der Waals surface area contributed by atoms with Crippen molar-refractivity contribution in [2.24, 2.45) is 5.41 Å². The molecule has 5 rings (SSSR count). The Morgan fingerprint density at radius 2 is 1.89 bits per heavy atom. The number of carbonyl (C=O) groups excluding carboxylic acids is 1. The van der Waals surface area contributed by atoms with E-state index in [0.717, 1.165) is 19.3 Å². The number of nitrogens with zero attached hydrogens (tertiary/aromatic N) is 4. The topological polar surface area (TPSA) is 95.8 Å². The molecule has 3 heterocycles. The summed E-state index contributed by atoms with van der Waals surface area (Å²) in [6, 6.07) is 5.11. The standard InChI is InChI=1S/C27H31ClN4O5S/c1-26(2,3)37-25(34)31-14-27(8-7-9-27)23(31)32-21-15(13-29-24(30-21)38-6)10-18(22(32)33)17-11-16(35-4)12-19(36-5)20(17)28/h10-13,23H,7-9,14H2,1-6H3. The van der Waals surface area contributed by atoms with Crippen LogP contribution < -0.4 is 15.0 Å². The third kappa shape index (κ3) is 4.37. The fraction of sp³-hybridized carbons (Fsp3) is 0.481. The van der Waals surface area contributed by atoms with Crippen LogP contribution in [0.3, 0.4) is 0 Å². The smallest absolute Gasteiger partial charge is 0.411 e. The van der Waals surface area contributed by atoms with Gasteiger partial charge in [-0.2, -0.15) is 0 Å². The number of thioether (sulfide) groups is 1. The second kappa shape index (κ2) is 9.64. The first-order valence-electron chi connectivity index (χ1n) is 12.4. The average molecular weight is 559 g/mol. The van der Waals surface area contributed by atoms with E-state index in [4.69, 9.17) is 30.8 Å². The van der Waals surface area contributed by atoms with Crippen LogP contribution in [0.25, 0.3) is 22.2 Å². The maximum absolute atomic E-state index is 14.4. The van der Waals surface area contributed by atoms with E-state index < -0.39 is 17.9 Å². The minimum Gasteiger partial charge on any atom is -0.497 e. The molecule has 9 nitrogen and oxygen atoms in total. The van der Waals surface area contributed by atoms with Crippen LogP contribution >= 0.6 is 23.4 Å². The Bertz CT molecular complexity index is 1480. The van der Waals surface area contributed by atoms with Crippen molar-refractivity contribution in [3.63, 3.8) is 0 Å². The molecule has 0 bridgehead atoms. The van der Waals surface area contributed by atoms with Gasteiger partial charge in [0.1, 0.15) is 28.9 Å². The van der Waals surface area contributed by atoms with Crippen LogP contribution in [-0.2, 0) is 4.74 Å². The van der Waals surface area contributed by atoms with E-state index in [-0.39, 0.29) is 16.0 Å². The molecule has 0 N–H and O–H groups in total. The fourth-order valence-corrected chi connectivity index (χ4v) is 5.95. The molecule has 1 saturated heterocycles. The number of benzene rings is 1. The van der Waals surface area contributed by atoms with E-state index in [0.29, 0.717) is 45.4 Å². The number of methoxy groups -OCH3 is 2. The van der Waals surface area contributed by atoms with Crippen molar-refractivity contribution in [2.45, 2.75) is 57.0 Å². The molecule has 38 heavy (non-hydrogen) atoms. The predicted octanol–water partition coefficient (Wildman–Crippen LogP) is 5.77. The predicted molar refractivity (Wildman–Crippen MR) is 147 cm³/mol. The number of rotatable bonds is 5. The molecule has 1 aliphatic heterocycles. The molecule has 1 spiro atoms. The van der Waals surface area contributed by atoms with Crippen molar-refractivity contribution in [2.75, 3.05) is 27.0 Å². The largest absolute Gasteiger partial charge is 0.497 e. The number of hydrogen-bond acceptors (Lipinski definition) is 8. The van der Waals surface area contributed by atoms with Gasteiger partial charge in [-0.3, -0.25) is 14.3 Å². The van der Waals surface area contributed by atoms with Gasteiger partial charge in [-0.25, -0.2) is 14.8 Å². The van der Waals surface area contributed by atoms with Gasteiger partial charge in [0.2, 0.25) is 0 Å². The summed E-state index contributed by atoms with van der Waals surface area (Å²) < 4.78 is 18.3. The fourth-order valence-electron chi connectivity index (χ4n) is 5.33. The van der Waals surface area contributed by atoms with E-state index in [1.807, 2.05) is 27.0 Å². The highest BCUT2D eigenvalue weighted by Gasteiger charge is 2.60. The van der Waals surface area contributed by atoms with Gasteiger partial charge in [0, 0.05) is 40.7 Å². The van der Waals surface area contributed by atoms with Gasteiger partial charge in [0.05, 0.1) is 19.2 Å². The van der Waals surface area contributed by atoms with Gasteiger partial charge in [0.25, 0.3) is 5.56 Å². The molecule has 2 fully saturated rings. The molecule has 1 saturated carbocycles. The van der Waals surface area contributed by atoms with Gasteiger partial charge in [-0.05, 0) is 52.0 Å². The van der Waals surface area contributed by atoms with Crippen molar-refractivity contribution in [1.82, 2.24) is 19.4 Å². The van der Waals surface area contributed by atoms with Crippen LogP contribution in [0.15, 0.2) is 34.3 Å². The first-order chi connectivity index (χ1) is 18.0. The summed E-state index contributed by atoms with van der Waals surface area (Å²) >= 11 is 8.11. The molecule has 202 valence electrons. The molecule has 1 aliphatic carbocycles. The number of hydrogen-bond donors (Lipinski definition) is 0. The molecule has 0 radical (unpaired) electrons. The zero-order valence-electron chi connectivity index (χ0n) is 22.3. The lowest BCUT2D eigenvalue weighted by Gasteiger charge is -2.61. The van der Waals surface area contributed by atoms with Crippen LogP contribution in [0.2, 0.25) is 5.02 Å². The minimum absolute atomic E-state index is 0.216. The second-order valence-corrected chi connectivity index (χ2v) is 11.9. The van der Waals surface area contributed by atoms with E-state index in [2.05, 4.69) is 4.98 Å². The van der Waals surface area contributed by atoms with Gasteiger partial charge >= 0.3 is 6.09 Å². The van der Waals surface area contributed by atoms with E-state index in [9.17, 15) is 9.59 Å². The number of halogens is 1. The lowest BCUT2D eigenvalue weighted by atomic mass is 9.60. The average Bonchev–Trinajstić information content (AvgIpc) is 2.83. The van der Waals surface area contributed by atoms with E-state index in [1.165, 1.54) is 26.0 Å². The lowest BCUT2D eigenvalue weighted by Crippen LogP contribution is -2.67. The summed E-state index contributed by atoms with van der Waals surface area (Å²) in [5.74, 6) is 0.881. The molecule has 2 aliphatic rings. The van der Waals surface area contributed by atoms with Gasteiger partial charge in [-0.1, -0.05) is 29.8 Å². The van der Waals surface area contributed by atoms with E-state index in [1.54, 1.807) is 33.9 Å². The number of amides is 1. The maximum atomic E-state index is 14.4. The van der Waals surface area contributed by atoms with Crippen LogP contribution in [0, 0.1) is 5.41 Å². The van der Waals surface area contributed by atoms with Crippen LogP contribution in [0.1, 0.15) is 46.2 Å². The number of fused-ring (bicyclic) bond motifs is 1. The highest BCUT2D eigenvalue weighted by Crippen LogP contribution is 2.59. The summed E-state index contributed by atoms with van der Waals surface area (Å²) in [5.41, 5.74) is 0.0669. The molecular weight excluding hydrogens is 528 g/mol. The molecule has 1 atom stereocenters. The maximum Gasteiger partial charge on any atom is 0.411 e. The summed E-state index contributed by atoms with van der Waals surface area (Å²) in [6.45, 7) is 6.02. The van der Waals surface area contributed by atoms with Gasteiger partial charge < -0.3 is 14.2 Å². The SMILES string of the molecule is COc1cc(OC)c(Cl)c(-c2cc3cnc(SC)nc3n(C3N(C(=O)OC(C)(C)C)CC34CCC4)c2=O)c1. The van der Waals surface area contributed by atoms with Crippen molar-refractivity contribution in [3.05, 3.63) is 39.8 Å². The van der Waals surface area contributed by atoms with Crippen molar-refractivity contribution in [1.29, 1.82) is 0 Å². The van der Waals surface area contributed by atoms with Gasteiger partial charge in [0.15, 0.2) is 5.16 Å². The lowest BCUT2D eigenvalue weighted by molar-refractivity contribution is -0.154. The Morgan fingerprint density at radius 1 is 1.16 bits per heavy atom. The molecule has 2 aromatic heterocycles. The number of likely N-dealkylation sites (tertiary alicyclic amines) is 1. The molecule has 1 aromatic carbocycles. The van der Waals surface area contributed by atoms with Crippen molar-refractivity contribution < 1.29 is 19.0 Å². The second-order valence-electron chi connectivity index (χ2n) is 10.8. The Kier molecular flexibility index (Phi) is 6.76. The minimum atomic E-state index is -0.669. The molecule has 1 amide bonds. The third-order valence-electron chi connectivity index (χ3n) is 7.24. The van der Waals surface area contributed by atoms with Crippen LogP contribution in [0.4, 0.5) is 4.79 Å².